The lowest BCUT2D eigenvalue weighted by Crippen LogP contribution is -2.11. The van der Waals surface area contributed by atoms with Gasteiger partial charge in [-0.25, -0.2) is 4.39 Å². The third kappa shape index (κ3) is 3.45. The van der Waals surface area contributed by atoms with Gasteiger partial charge in [0.1, 0.15) is 5.82 Å². The van der Waals surface area contributed by atoms with E-state index in [0.717, 1.165) is 12.8 Å². The molecule has 0 aliphatic rings. The van der Waals surface area contributed by atoms with E-state index >= 15 is 0 Å². The van der Waals surface area contributed by atoms with Gasteiger partial charge in [0.25, 0.3) is 0 Å². The Hall–Kier alpha value is -0.310. The van der Waals surface area contributed by atoms with Crippen molar-refractivity contribution in [2.45, 2.75) is 25.8 Å². The summed E-state index contributed by atoms with van der Waals surface area (Å²) in [5.74, 6) is -0.312. The van der Waals surface area contributed by atoms with E-state index in [1.165, 1.54) is 6.07 Å². The maximum Gasteiger partial charge on any atom is 0.129 e. The molecule has 0 saturated heterocycles. The van der Waals surface area contributed by atoms with Crippen LogP contribution in [-0.4, -0.2) is 0 Å². The molecule has 0 fully saturated rings. The first-order valence-corrected chi connectivity index (χ1v) is 4.73. The van der Waals surface area contributed by atoms with Crippen LogP contribution in [0.1, 0.15) is 31.4 Å². The largest absolute Gasteiger partial charge is 0.324 e. The molecule has 1 aromatic carbocycles. The average Bonchev–Trinajstić information content (AvgIpc) is 2.04. The predicted molar refractivity (Wildman–Crippen MR) is 60.5 cm³/mol. The first-order chi connectivity index (χ1) is 6.15. The smallest absolute Gasteiger partial charge is 0.129 e. The van der Waals surface area contributed by atoms with Gasteiger partial charge >= 0.3 is 0 Å². The van der Waals surface area contributed by atoms with Crippen LogP contribution in [0.3, 0.4) is 0 Å². The first kappa shape index (κ1) is 13.7. The lowest BCUT2D eigenvalue weighted by molar-refractivity contribution is 0.560. The third-order valence-electron chi connectivity index (χ3n) is 1.96. The SMILES string of the molecule is CCC[C@H](N)c1ccc(Cl)cc1F.Cl. The highest BCUT2D eigenvalue weighted by atomic mass is 35.5. The Morgan fingerprint density at radius 2 is 2.14 bits per heavy atom. The molecule has 0 radical (unpaired) electrons. The third-order valence-corrected chi connectivity index (χ3v) is 2.20. The van der Waals surface area contributed by atoms with Crippen molar-refractivity contribution in [1.29, 1.82) is 0 Å². The van der Waals surface area contributed by atoms with Crippen molar-refractivity contribution >= 4 is 24.0 Å². The van der Waals surface area contributed by atoms with Crippen LogP contribution in [0.25, 0.3) is 0 Å². The summed E-state index contributed by atoms with van der Waals surface area (Å²) in [7, 11) is 0. The van der Waals surface area contributed by atoms with Crippen molar-refractivity contribution in [3.05, 3.63) is 34.6 Å². The van der Waals surface area contributed by atoms with Gasteiger partial charge in [0, 0.05) is 16.6 Å². The van der Waals surface area contributed by atoms with E-state index in [0.29, 0.717) is 10.6 Å². The van der Waals surface area contributed by atoms with Crippen molar-refractivity contribution in [2.75, 3.05) is 0 Å². The van der Waals surface area contributed by atoms with Gasteiger partial charge in [-0.2, -0.15) is 0 Å². The van der Waals surface area contributed by atoms with Gasteiger partial charge in [-0.1, -0.05) is 31.0 Å². The van der Waals surface area contributed by atoms with Gasteiger partial charge in [0.15, 0.2) is 0 Å². The highest BCUT2D eigenvalue weighted by Gasteiger charge is 2.10. The summed E-state index contributed by atoms with van der Waals surface area (Å²) in [6, 6.07) is 4.39. The van der Waals surface area contributed by atoms with Crippen LogP contribution in [0, 0.1) is 5.82 Å². The highest BCUT2D eigenvalue weighted by molar-refractivity contribution is 6.30. The second-order valence-corrected chi connectivity index (χ2v) is 3.50. The van der Waals surface area contributed by atoms with Crippen molar-refractivity contribution in [3.63, 3.8) is 0 Å². The monoisotopic (exact) mass is 237 g/mol. The molecule has 0 aromatic heterocycles. The van der Waals surface area contributed by atoms with E-state index in [1.807, 2.05) is 6.92 Å². The molecule has 4 heteroatoms. The lowest BCUT2D eigenvalue weighted by atomic mass is 10.0. The minimum absolute atomic E-state index is 0. The zero-order valence-corrected chi connectivity index (χ0v) is 9.54. The van der Waals surface area contributed by atoms with Crippen LogP contribution in [0.2, 0.25) is 5.02 Å². The van der Waals surface area contributed by atoms with Crippen LogP contribution >= 0.6 is 24.0 Å². The van der Waals surface area contributed by atoms with Crippen LogP contribution < -0.4 is 5.73 Å². The number of benzene rings is 1. The molecule has 0 unspecified atom stereocenters. The second kappa shape index (κ2) is 6.23. The fourth-order valence-corrected chi connectivity index (χ4v) is 1.43. The Morgan fingerprint density at radius 3 is 2.64 bits per heavy atom. The number of halogens is 3. The van der Waals surface area contributed by atoms with Crippen LogP contribution in [-0.2, 0) is 0 Å². The quantitative estimate of drug-likeness (QED) is 0.853. The van der Waals surface area contributed by atoms with Crippen molar-refractivity contribution in [1.82, 2.24) is 0 Å². The number of rotatable bonds is 3. The molecule has 1 rings (SSSR count). The molecule has 1 atom stereocenters. The minimum Gasteiger partial charge on any atom is -0.324 e. The Kier molecular flexibility index (Phi) is 6.09. The zero-order valence-electron chi connectivity index (χ0n) is 7.97. The molecular weight excluding hydrogens is 224 g/mol. The fourth-order valence-electron chi connectivity index (χ4n) is 1.27. The van der Waals surface area contributed by atoms with E-state index < -0.39 is 0 Å². The van der Waals surface area contributed by atoms with Gasteiger partial charge in [0.2, 0.25) is 0 Å². The molecule has 2 N–H and O–H groups in total. The summed E-state index contributed by atoms with van der Waals surface area (Å²) in [6.45, 7) is 2.02. The van der Waals surface area contributed by atoms with E-state index in [-0.39, 0.29) is 24.3 Å². The highest BCUT2D eigenvalue weighted by Crippen LogP contribution is 2.21. The van der Waals surface area contributed by atoms with Crippen molar-refractivity contribution in [2.24, 2.45) is 5.73 Å². The van der Waals surface area contributed by atoms with Crippen molar-refractivity contribution in [3.8, 4) is 0 Å². The van der Waals surface area contributed by atoms with Gasteiger partial charge in [-0.05, 0) is 18.6 Å². The fraction of sp³-hybridized carbons (Fsp3) is 0.400. The normalized spacial score (nSPS) is 12.0. The maximum atomic E-state index is 13.3. The molecule has 1 aromatic rings. The molecule has 0 saturated carbocycles. The van der Waals surface area contributed by atoms with E-state index in [1.54, 1.807) is 12.1 Å². The summed E-state index contributed by atoms with van der Waals surface area (Å²) in [6.07, 6.45) is 1.74. The molecular formula is C10H14Cl2FN. The van der Waals surface area contributed by atoms with E-state index in [4.69, 9.17) is 17.3 Å². The molecule has 0 amide bonds. The topological polar surface area (TPSA) is 26.0 Å². The maximum absolute atomic E-state index is 13.3. The standard InChI is InChI=1S/C10H13ClFN.ClH/c1-2-3-10(13)8-5-4-7(11)6-9(8)12;/h4-6,10H,2-3,13H2,1H3;1H/t10-;/m0./s1. The van der Waals surface area contributed by atoms with Gasteiger partial charge < -0.3 is 5.73 Å². The van der Waals surface area contributed by atoms with Gasteiger partial charge in [-0.15, -0.1) is 12.4 Å². The summed E-state index contributed by atoms with van der Waals surface area (Å²) in [5.41, 5.74) is 6.32. The van der Waals surface area contributed by atoms with Gasteiger partial charge in [0.05, 0.1) is 0 Å². The van der Waals surface area contributed by atoms with Crippen LogP contribution in [0.15, 0.2) is 18.2 Å². The Morgan fingerprint density at radius 1 is 1.50 bits per heavy atom. The summed E-state index contributed by atoms with van der Waals surface area (Å²) in [5, 5.41) is 0.407. The van der Waals surface area contributed by atoms with Crippen molar-refractivity contribution < 1.29 is 4.39 Å². The molecule has 0 spiro atoms. The second-order valence-electron chi connectivity index (χ2n) is 3.06. The molecule has 0 aliphatic heterocycles. The minimum atomic E-state index is -0.312. The van der Waals surface area contributed by atoms with E-state index in [9.17, 15) is 4.39 Å². The molecule has 0 bridgehead atoms. The van der Waals surface area contributed by atoms with Crippen LogP contribution in [0.5, 0.6) is 0 Å². The van der Waals surface area contributed by atoms with Gasteiger partial charge in [-0.3, -0.25) is 0 Å². The lowest BCUT2D eigenvalue weighted by Gasteiger charge is -2.11. The predicted octanol–water partition coefficient (Wildman–Crippen LogP) is 3.70. The number of nitrogens with two attached hydrogens (primary N) is 1. The molecule has 0 heterocycles. The Labute approximate surface area is 94.9 Å². The van der Waals surface area contributed by atoms with Crippen LogP contribution in [0.4, 0.5) is 4.39 Å². The molecule has 1 nitrogen and oxygen atoms in total. The molecule has 14 heavy (non-hydrogen) atoms. The molecule has 0 aliphatic carbocycles. The summed E-state index contributed by atoms with van der Waals surface area (Å²) < 4.78 is 13.3. The summed E-state index contributed by atoms with van der Waals surface area (Å²) in [4.78, 5) is 0. The number of hydrogen-bond donors (Lipinski definition) is 1. The summed E-state index contributed by atoms with van der Waals surface area (Å²) >= 11 is 5.62. The number of hydrogen-bond acceptors (Lipinski definition) is 1. The van der Waals surface area contributed by atoms with E-state index in [2.05, 4.69) is 0 Å². The molecule has 80 valence electrons. The first-order valence-electron chi connectivity index (χ1n) is 4.35. The average molecular weight is 238 g/mol. The Bertz CT molecular complexity index is 291. The zero-order chi connectivity index (χ0) is 9.84. The Balaban J connectivity index is 0.00000169.